The number of amides is 1. The summed E-state index contributed by atoms with van der Waals surface area (Å²) < 4.78 is 13.1. The molecule has 0 aromatic heterocycles. The van der Waals surface area contributed by atoms with Gasteiger partial charge in [0.15, 0.2) is 0 Å². The van der Waals surface area contributed by atoms with E-state index >= 15 is 0 Å². The van der Waals surface area contributed by atoms with Gasteiger partial charge in [-0.2, -0.15) is 0 Å². The fourth-order valence-electron chi connectivity index (χ4n) is 3.21. The van der Waals surface area contributed by atoms with Crippen LogP contribution in [0.1, 0.15) is 30.1 Å². The maximum Gasteiger partial charge on any atom is 0.257 e. The second-order valence-corrected chi connectivity index (χ2v) is 7.26. The van der Waals surface area contributed by atoms with Gasteiger partial charge in [-0.25, -0.2) is 4.39 Å². The summed E-state index contributed by atoms with van der Waals surface area (Å²) in [5.41, 5.74) is 1.88. The third kappa shape index (κ3) is 4.54. The zero-order valence-electron chi connectivity index (χ0n) is 14.9. The van der Waals surface area contributed by atoms with E-state index in [0.29, 0.717) is 17.8 Å². The Bertz CT molecular complexity index is 798. The van der Waals surface area contributed by atoms with Gasteiger partial charge in [0.05, 0.1) is 10.6 Å². The van der Waals surface area contributed by atoms with Crippen molar-refractivity contribution in [1.82, 2.24) is 4.90 Å². The monoisotopic (exact) mass is 375 g/mol. The molecule has 0 radical (unpaired) electrons. The zero-order chi connectivity index (χ0) is 18.7. The van der Waals surface area contributed by atoms with Crippen LogP contribution in [-0.4, -0.2) is 36.5 Å². The first-order valence-corrected chi connectivity index (χ1v) is 9.13. The van der Waals surface area contributed by atoms with Crippen LogP contribution in [0.4, 0.5) is 15.8 Å². The molecular weight excluding hydrogens is 353 g/mol. The molecule has 2 atom stereocenters. The standard InChI is InChI=1S/C20H23ClFN3O/c1-13-10-17(8-9-25(13)2)23-15-4-3-5-16(12-15)24-20(26)18-7-6-14(22)11-19(18)21/h3-7,11-13,17,23H,8-10H2,1-2H3,(H,24,26)/t13-,17-/m0/s1. The van der Waals surface area contributed by atoms with Crippen LogP contribution in [0.15, 0.2) is 42.5 Å². The molecule has 6 heteroatoms. The van der Waals surface area contributed by atoms with Crippen LogP contribution >= 0.6 is 11.6 Å². The Morgan fingerprint density at radius 1 is 1.23 bits per heavy atom. The number of hydrogen-bond donors (Lipinski definition) is 2. The zero-order valence-corrected chi connectivity index (χ0v) is 15.7. The summed E-state index contributed by atoms with van der Waals surface area (Å²) >= 11 is 5.96. The normalized spacial score (nSPS) is 20.6. The van der Waals surface area contributed by atoms with Crippen molar-refractivity contribution in [3.05, 3.63) is 58.9 Å². The molecule has 0 saturated carbocycles. The number of carbonyl (C=O) groups excluding carboxylic acids is 1. The number of rotatable bonds is 4. The minimum Gasteiger partial charge on any atom is -0.382 e. The molecule has 1 saturated heterocycles. The van der Waals surface area contributed by atoms with Crippen molar-refractivity contribution in [2.45, 2.75) is 31.8 Å². The molecule has 1 fully saturated rings. The van der Waals surface area contributed by atoms with Crippen molar-refractivity contribution in [3.8, 4) is 0 Å². The maximum absolute atomic E-state index is 13.1. The second kappa shape index (κ2) is 8.06. The molecule has 1 aliphatic rings. The van der Waals surface area contributed by atoms with E-state index in [4.69, 9.17) is 11.6 Å². The van der Waals surface area contributed by atoms with Gasteiger partial charge in [0.1, 0.15) is 5.82 Å². The lowest BCUT2D eigenvalue weighted by Gasteiger charge is -2.35. The highest BCUT2D eigenvalue weighted by molar-refractivity contribution is 6.34. The van der Waals surface area contributed by atoms with E-state index in [9.17, 15) is 9.18 Å². The van der Waals surface area contributed by atoms with Gasteiger partial charge in [0, 0.05) is 30.0 Å². The SMILES string of the molecule is C[C@H]1C[C@@H](Nc2cccc(NC(=O)c3ccc(F)cc3Cl)c2)CCN1C. The fourth-order valence-corrected chi connectivity index (χ4v) is 3.47. The summed E-state index contributed by atoms with van der Waals surface area (Å²) in [4.78, 5) is 14.7. The van der Waals surface area contributed by atoms with Gasteiger partial charge >= 0.3 is 0 Å². The molecule has 1 heterocycles. The van der Waals surface area contributed by atoms with Gasteiger partial charge in [0.25, 0.3) is 5.91 Å². The van der Waals surface area contributed by atoms with Gasteiger partial charge in [-0.15, -0.1) is 0 Å². The first-order valence-electron chi connectivity index (χ1n) is 8.75. The van der Waals surface area contributed by atoms with Gasteiger partial charge < -0.3 is 15.5 Å². The number of halogens is 2. The summed E-state index contributed by atoms with van der Waals surface area (Å²) in [6.07, 6.45) is 2.17. The van der Waals surface area contributed by atoms with Gasteiger partial charge in [-0.3, -0.25) is 4.79 Å². The number of nitrogens with zero attached hydrogens (tertiary/aromatic N) is 1. The van der Waals surface area contributed by atoms with Crippen LogP contribution in [0.25, 0.3) is 0 Å². The van der Waals surface area contributed by atoms with E-state index in [1.165, 1.54) is 12.1 Å². The Balaban J connectivity index is 1.66. The maximum atomic E-state index is 13.1. The average Bonchev–Trinajstić information content (AvgIpc) is 2.58. The van der Waals surface area contributed by atoms with E-state index in [1.54, 1.807) is 0 Å². The third-order valence-electron chi connectivity index (χ3n) is 4.88. The molecule has 4 nitrogen and oxygen atoms in total. The molecule has 2 N–H and O–H groups in total. The quantitative estimate of drug-likeness (QED) is 0.819. The van der Waals surface area contributed by atoms with E-state index in [1.807, 2.05) is 24.3 Å². The topological polar surface area (TPSA) is 44.4 Å². The summed E-state index contributed by atoms with van der Waals surface area (Å²) in [7, 11) is 2.15. The molecule has 138 valence electrons. The number of likely N-dealkylation sites (tertiary alicyclic amines) is 1. The molecule has 0 spiro atoms. The number of nitrogens with one attached hydrogen (secondary N) is 2. The smallest absolute Gasteiger partial charge is 0.257 e. The molecular formula is C20H23ClFN3O. The molecule has 0 aliphatic carbocycles. The Labute approximate surface area is 158 Å². The highest BCUT2D eigenvalue weighted by Gasteiger charge is 2.22. The Morgan fingerprint density at radius 3 is 2.73 bits per heavy atom. The van der Waals surface area contributed by atoms with Crippen molar-refractivity contribution < 1.29 is 9.18 Å². The molecule has 26 heavy (non-hydrogen) atoms. The number of hydrogen-bond acceptors (Lipinski definition) is 3. The summed E-state index contributed by atoms with van der Waals surface area (Å²) in [6.45, 7) is 3.30. The molecule has 1 amide bonds. The number of piperidine rings is 1. The predicted molar refractivity (Wildman–Crippen MR) is 105 cm³/mol. The van der Waals surface area contributed by atoms with Crippen molar-refractivity contribution in [1.29, 1.82) is 0 Å². The van der Waals surface area contributed by atoms with Gasteiger partial charge in [-0.1, -0.05) is 17.7 Å². The van der Waals surface area contributed by atoms with Crippen LogP contribution in [0.3, 0.4) is 0 Å². The first-order chi connectivity index (χ1) is 12.4. The molecule has 2 aromatic rings. The van der Waals surface area contributed by atoms with Crippen molar-refractivity contribution in [2.75, 3.05) is 24.2 Å². The summed E-state index contributed by atoms with van der Waals surface area (Å²) in [6, 6.07) is 12.3. The third-order valence-corrected chi connectivity index (χ3v) is 5.19. The Hall–Kier alpha value is -2.11. The van der Waals surface area contributed by atoms with Crippen LogP contribution in [0.2, 0.25) is 5.02 Å². The minimum atomic E-state index is -0.467. The first kappa shape index (κ1) is 18.7. The summed E-state index contributed by atoms with van der Waals surface area (Å²) in [5.74, 6) is -0.829. The fraction of sp³-hybridized carbons (Fsp3) is 0.350. The Kier molecular flexibility index (Phi) is 5.79. The highest BCUT2D eigenvalue weighted by atomic mass is 35.5. The van der Waals surface area contributed by atoms with Crippen LogP contribution in [0.5, 0.6) is 0 Å². The van der Waals surface area contributed by atoms with E-state index in [2.05, 4.69) is 29.5 Å². The number of benzene rings is 2. The highest BCUT2D eigenvalue weighted by Crippen LogP contribution is 2.23. The van der Waals surface area contributed by atoms with E-state index in [0.717, 1.165) is 31.1 Å². The lowest BCUT2D eigenvalue weighted by molar-refractivity contribution is 0.102. The lowest BCUT2D eigenvalue weighted by atomic mass is 9.98. The molecule has 2 aromatic carbocycles. The van der Waals surface area contributed by atoms with E-state index < -0.39 is 5.82 Å². The predicted octanol–water partition coefficient (Wildman–Crippen LogP) is 4.63. The van der Waals surface area contributed by atoms with Gasteiger partial charge in [-0.05, 0) is 63.2 Å². The molecule has 0 bridgehead atoms. The number of carbonyl (C=O) groups is 1. The van der Waals surface area contributed by atoms with Gasteiger partial charge in [0.2, 0.25) is 0 Å². The Morgan fingerprint density at radius 2 is 2.00 bits per heavy atom. The summed E-state index contributed by atoms with van der Waals surface area (Å²) in [5, 5.41) is 6.46. The molecule has 3 rings (SSSR count). The molecule has 0 unspecified atom stereocenters. The largest absolute Gasteiger partial charge is 0.382 e. The van der Waals surface area contributed by atoms with Crippen LogP contribution in [0, 0.1) is 5.82 Å². The minimum absolute atomic E-state index is 0.0945. The lowest BCUT2D eigenvalue weighted by Crippen LogP contribution is -2.42. The van der Waals surface area contributed by atoms with Crippen LogP contribution in [-0.2, 0) is 0 Å². The van der Waals surface area contributed by atoms with Crippen LogP contribution < -0.4 is 10.6 Å². The van der Waals surface area contributed by atoms with E-state index in [-0.39, 0.29) is 16.5 Å². The second-order valence-electron chi connectivity index (χ2n) is 6.85. The van der Waals surface area contributed by atoms with Crippen molar-refractivity contribution in [3.63, 3.8) is 0 Å². The number of anilines is 2. The molecule has 1 aliphatic heterocycles. The van der Waals surface area contributed by atoms with Crippen molar-refractivity contribution >= 4 is 28.9 Å². The average molecular weight is 376 g/mol. The van der Waals surface area contributed by atoms with Crippen molar-refractivity contribution in [2.24, 2.45) is 0 Å².